The Labute approximate surface area is 148 Å². The molecule has 0 atom stereocenters. The van der Waals surface area contributed by atoms with Crippen LogP contribution < -0.4 is 5.32 Å². The molecule has 0 spiro atoms. The summed E-state index contributed by atoms with van der Waals surface area (Å²) in [4.78, 5) is 11.0. The third kappa shape index (κ3) is 3.72. The van der Waals surface area contributed by atoms with Crippen LogP contribution in [0, 0.1) is 0 Å². The first kappa shape index (κ1) is 16.4. The van der Waals surface area contributed by atoms with Crippen LogP contribution in [-0.4, -0.2) is 11.1 Å². The van der Waals surface area contributed by atoms with E-state index in [-0.39, 0.29) is 5.56 Å². The van der Waals surface area contributed by atoms with Crippen LogP contribution in [0.25, 0.3) is 11.3 Å². The number of carboxylic acids is 1. The number of carbonyl (C=O) groups is 1. The molecule has 0 fully saturated rings. The minimum Gasteiger partial charge on any atom is -0.478 e. The van der Waals surface area contributed by atoms with Gasteiger partial charge in [-0.2, -0.15) is 0 Å². The molecule has 122 valence electrons. The van der Waals surface area contributed by atoms with E-state index in [2.05, 4.69) is 5.32 Å². The average molecular weight is 362 g/mol. The Bertz CT molecular complexity index is 889. The second-order valence-electron chi connectivity index (χ2n) is 5.13. The lowest BCUT2D eigenvalue weighted by Crippen LogP contribution is -2.02. The summed E-state index contributed by atoms with van der Waals surface area (Å²) < 4.78 is 5.78. The molecule has 3 rings (SSSR count). The van der Waals surface area contributed by atoms with Gasteiger partial charge in [0, 0.05) is 10.6 Å². The lowest BCUT2D eigenvalue weighted by Gasteiger charge is -2.08. The summed E-state index contributed by atoms with van der Waals surface area (Å²) in [5.74, 6) is 0.400. The zero-order valence-corrected chi connectivity index (χ0v) is 13.9. The van der Waals surface area contributed by atoms with Gasteiger partial charge in [-0.15, -0.1) is 0 Å². The number of carboxylic acid groups (broad SMARTS) is 1. The smallest absolute Gasteiger partial charge is 0.335 e. The summed E-state index contributed by atoms with van der Waals surface area (Å²) in [6.07, 6.45) is 0. The molecule has 1 heterocycles. The van der Waals surface area contributed by atoms with Crippen LogP contribution in [0.4, 0.5) is 5.69 Å². The molecule has 24 heavy (non-hydrogen) atoms. The third-order valence-electron chi connectivity index (χ3n) is 3.44. The van der Waals surface area contributed by atoms with E-state index in [4.69, 9.17) is 32.7 Å². The molecule has 0 amide bonds. The van der Waals surface area contributed by atoms with Crippen LogP contribution in [0.1, 0.15) is 16.1 Å². The van der Waals surface area contributed by atoms with Crippen LogP contribution in [0.2, 0.25) is 10.0 Å². The second-order valence-corrected chi connectivity index (χ2v) is 5.97. The highest BCUT2D eigenvalue weighted by Crippen LogP contribution is 2.27. The van der Waals surface area contributed by atoms with Crippen molar-refractivity contribution < 1.29 is 14.3 Å². The molecule has 3 aromatic rings. The highest BCUT2D eigenvalue weighted by molar-refractivity contribution is 6.33. The number of anilines is 1. The van der Waals surface area contributed by atoms with E-state index in [1.54, 1.807) is 12.1 Å². The van der Waals surface area contributed by atoms with Gasteiger partial charge in [-0.1, -0.05) is 35.3 Å². The Balaban J connectivity index is 1.74. The maximum Gasteiger partial charge on any atom is 0.335 e. The maximum atomic E-state index is 11.0. The minimum atomic E-state index is -1.00. The van der Waals surface area contributed by atoms with Crippen molar-refractivity contribution in [1.29, 1.82) is 0 Å². The summed E-state index contributed by atoms with van der Waals surface area (Å²) in [6, 6.07) is 15.6. The minimum absolute atomic E-state index is 0.168. The summed E-state index contributed by atoms with van der Waals surface area (Å²) in [7, 11) is 0. The van der Waals surface area contributed by atoms with Gasteiger partial charge in [0.05, 0.1) is 22.8 Å². The van der Waals surface area contributed by atoms with Gasteiger partial charge in [0.25, 0.3) is 0 Å². The van der Waals surface area contributed by atoms with Crippen molar-refractivity contribution in [3.05, 3.63) is 76.0 Å². The maximum absolute atomic E-state index is 11.0. The van der Waals surface area contributed by atoms with E-state index in [0.717, 1.165) is 5.56 Å². The molecule has 0 radical (unpaired) electrons. The van der Waals surface area contributed by atoms with E-state index in [1.165, 1.54) is 12.1 Å². The number of hydrogen-bond donors (Lipinski definition) is 2. The number of hydrogen-bond acceptors (Lipinski definition) is 3. The Hall–Kier alpha value is -2.43. The van der Waals surface area contributed by atoms with E-state index < -0.39 is 5.97 Å². The second kappa shape index (κ2) is 6.99. The van der Waals surface area contributed by atoms with Gasteiger partial charge in [-0.25, -0.2) is 4.79 Å². The number of benzene rings is 2. The van der Waals surface area contributed by atoms with Crippen molar-refractivity contribution in [2.24, 2.45) is 0 Å². The highest BCUT2D eigenvalue weighted by Gasteiger charge is 2.09. The molecule has 0 aliphatic carbocycles. The molecular formula is C18H13Cl2NO3. The molecule has 4 nitrogen and oxygen atoms in total. The molecule has 0 aliphatic rings. The SMILES string of the molecule is O=C(O)c1ccc(Cl)c(NCc2ccc(-c3cccc(Cl)c3)o2)c1. The standard InChI is InChI=1S/C18H13Cl2NO3/c19-13-3-1-2-11(8-13)17-7-5-14(24-17)10-21-16-9-12(18(22)23)4-6-15(16)20/h1-9,21H,10H2,(H,22,23). The Morgan fingerprint density at radius 1 is 1.08 bits per heavy atom. The lowest BCUT2D eigenvalue weighted by atomic mass is 10.2. The van der Waals surface area contributed by atoms with E-state index >= 15 is 0 Å². The fourth-order valence-electron chi connectivity index (χ4n) is 2.25. The van der Waals surface area contributed by atoms with Crippen LogP contribution in [-0.2, 0) is 6.54 Å². The number of aromatic carboxylic acids is 1. The highest BCUT2D eigenvalue weighted by atomic mass is 35.5. The van der Waals surface area contributed by atoms with Crippen molar-refractivity contribution >= 4 is 34.9 Å². The Morgan fingerprint density at radius 3 is 2.67 bits per heavy atom. The van der Waals surface area contributed by atoms with Gasteiger partial charge in [-0.05, 0) is 42.5 Å². The van der Waals surface area contributed by atoms with Crippen molar-refractivity contribution in [2.75, 3.05) is 5.32 Å². The fourth-order valence-corrected chi connectivity index (χ4v) is 2.62. The largest absolute Gasteiger partial charge is 0.478 e. The molecule has 2 aromatic carbocycles. The van der Waals surface area contributed by atoms with Gasteiger partial charge in [-0.3, -0.25) is 0 Å². The molecule has 6 heteroatoms. The third-order valence-corrected chi connectivity index (χ3v) is 4.00. The lowest BCUT2D eigenvalue weighted by molar-refractivity contribution is 0.0697. The van der Waals surface area contributed by atoms with Crippen LogP contribution in [0.5, 0.6) is 0 Å². The zero-order chi connectivity index (χ0) is 17.1. The zero-order valence-electron chi connectivity index (χ0n) is 12.4. The molecule has 0 saturated heterocycles. The Kier molecular flexibility index (Phi) is 4.79. The molecule has 2 N–H and O–H groups in total. The molecule has 0 bridgehead atoms. The van der Waals surface area contributed by atoms with Gasteiger partial charge in [0.2, 0.25) is 0 Å². The summed E-state index contributed by atoms with van der Waals surface area (Å²) >= 11 is 12.1. The number of nitrogens with one attached hydrogen (secondary N) is 1. The number of furan rings is 1. The van der Waals surface area contributed by atoms with Crippen molar-refractivity contribution in [2.45, 2.75) is 6.54 Å². The topological polar surface area (TPSA) is 62.5 Å². The normalized spacial score (nSPS) is 10.6. The van der Waals surface area contributed by atoms with Crippen molar-refractivity contribution in [3.8, 4) is 11.3 Å². The average Bonchev–Trinajstić information content (AvgIpc) is 3.03. The molecule has 0 unspecified atom stereocenters. The van der Waals surface area contributed by atoms with E-state index in [1.807, 2.05) is 30.3 Å². The summed E-state index contributed by atoms with van der Waals surface area (Å²) in [6.45, 7) is 0.378. The van der Waals surface area contributed by atoms with Crippen molar-refractivity contribution in [1.82, 2.24) is 0 Å². The predicted molar refractivity (Wildman–Crippen MR) is 94.9 cm³/mol. The van der Waals surface area contributed by atoms with Gasteiger partial charge < -0.3 is 14.8 Å². The Morgan fingerprint density at radius 2 is 1.92 bits per heavy atom. The van der Waals surface area contributed by atoms with Crippen LogP contribution in [0.15, 0.2) is 59.0 Å². The summed E-state index contributed by atoms with van der Waals surface area (Å²) in [5.41, 5.74) is 1.60. The quantitative estimate of drug-likeness (QED) is 0.623. The number of rotatable bonds is 5. The summed E-state index contributed by atoms with van der Waals surface area (Å²) in [5, 5.41) is 13.2. The van der Waals surface area contributed by atoms with Gasteiger partial charge >= 0.3 is 5.97 Å². The first-order chi connectivity index (χ1) is 11.5. The molecule has 0 aliphatic heterocycles. The number of halogens is 2. The monoisotopic (exact) mass is 361 g/mol. The first-order valence-corrected chi connectivity index (χ1v) is 7.90. The van der Waals surface area contributed by atoms with E-state index in [0.29, 0.717) is 33.8 Å². The van der Waals surface area contributed by atoms with Crippen LogP contribution >= 0.6 is 23.2 Å². The molecule has 0 saturated carbocycles. The van der Waals surface area contributed by atoms with Gasteiger partial charge in [0.1, 0.15) is 11.5 Å². The fraction of sp³-hybridized carbons (Fsp3) is 0.0556. The molecular weight excluding hydrogens is 349 g/mol. The van der Waals surface area contributed by atoms with Crippen LogP contribution in [0.3, 0.4) is 0 Å². The van der Waals surface area contributed by atoms with Gasteiger partial charge in [0.15, 0.2) is 0 Å². The van der Waals surface area contributed by atoms with E-state index in [9.17, 15) is 4.79 Å². The van der Waals surface area contributed by atoms with Crippen molar-refractivity contribution in [3.63, 3.8) is 0 Å². The predicted octanol–water partition coefficient (Wildman–Crippen LogP) is 5.56. The first-order valence-electron chi connectivity index (χ1n) is 7.14. The molecule has 1 aromatic heterocycles.